The second kappa shape index (κ2) is 10.1. The van der Waals surface area contributed by atoms with E-state index in [-0.39, 0.29) is 0 Å². The molecular weight excluding hydrogens is 460 g/mol. The number of sulfonamides is 1. The van der Waals surface area contributed by atoms with Crippen molar-refractivity contribution in [2.75, 3.05) is 53.5 Å². The van der Waals surface area contributed by atoms with E-state index < -0.39 is 14.8 Å². The molecule has 4 rings (SSSR count). The van der Waals surface area contributed by atoms with Crippen LogP contribution in [0.15, 0.2) is 66.9 Å². The Morgan fingerprint density at radius 1 is 0.800 bits per heavy atom. The average molecular weight is 495 g/mol. The van der Waals surface area contributed by atoms with E-state index in [1.165, 1.54) is 5.69 Å². The topological polar surface area (TPSA) is 89.6 Å². The summed E-state index contributed by atoms with van der Waals surface area (Å²) in [6, 6.07) is 19.4. The molecule has 0 bridgehead atoms. The maximum absolute atomic E-state index is 12.5. The van der Waals surface area contributed by atoms with Crippen LogP contribution in [0.3, 0.4) is 0 Å². The Labute approximate surface area is 208 Å². The van der Waals surface area contributed by atoms with Crippen molar-refractivity contribution in [3.63, 3.8) is 0 Å². The van der Waals surface area contributed by atoms with Crippen molar-refractivity contribution in [1.82, 2.24) is 9.88 Å². The molecule has 3 aromatic rings. The molecule has 0 amide bonds. The number of nitrogens with zero attached hydrogens (tertiary/aromatic N) is 3. The van der Waals surface area contributed by atoms with Crippen LogP contribution in [-0.2, 0) is 10.0 Å². The summed E-state index contributed by atoms with van der Waals surface area (Å²) in [4.78, 5) is 9.18. The molecule has 0 saturated carbocycles. The lowest BCUT2D eigenvalue weighted by atomic mass is 10.2. The van der Waals surface area contributed by atoms with Crippen molar-refractivity contribution in [3.8, 4) is 0 Å². The first kappa shape index (κ1) is 24.8. The molecule has 0 spiro atoms. The van der Waals surface area contributed by atoms with E-state index in [0.717, 1.165) is 43.2 Å². The van der Waals surface area contributed by atoms with Gasteiger partial charge in [-0.1, -0.05) is 6.07 Å². The molecule has 1 aromatic heterocycles. The standard InChI is InChI=1S/C26H34N6O2S/c1-26(2,3)35(33,34)30-23-7-5-6-21(18-23)28-22-12-13-27-25(19-22)29-20-8-10-24(11-9-20)32-16-14-31(4)15-17-32/h5-13,18-19,30H,14-17H2,1-4H3,(H2,27,28,29). The van der Waals surface area contributed by atoms with Gasteiger partial charge in [-0.2, -0.15) is 0 Å². The van der Waals surface area contributed by atoms with Gasteiger partial charge in [0.2, 0.25) is 10.0 Å². The van der Waals surface area contributed by atoms with Gasteiger partial charge in [-0.3, -0.25) is 4.72 Å². The fourth-order valence-corrected chi connectivity index (χ4v) is 4.42. The van der Waals surface area contributed by atoms with Crippen molar-refractivity contribution in [2.45, 2.75) is 25.5 Å². The molecule has 0 radical (unpaired) electrons. The number of anilines is 6. The summed E-state index contributed by atoms with van der Waals surface area (Å²) < 4.78 is 26.7. The normalized spacial score (nSPS) is 15.0. The first-order valence-corrected chi connectivity index (χ1v) is 13.2. The van der Waals surface area contributed by atoms with Crippen LogP contribution in [0.2, 0.25) is 0 Å². The number of rotatable bonds is 7. The number of nitrogens with one attached hydrogen (secondary N) is 3. The van der Waals surface area contributed by atoms with Gasteiger partial charge >= 0.3 is 0 Å². The number of pyridine rings is 1. The number of hydrogen-bond donors (Lipinski definition) is 3. The molecule has 3 N–H and O–H groups in total. The zero-order valence-electron chi connectivity index (χ0n) is 20.7. The molecular formula is C26H34N6O2S. The SMILES string of the molecule is CN1CCN(c2ccc(Nc3cc(Nc4cccc(NS(=O)(=O)C(C)(C)C)c4)ccn3)cc2)CC1. The molecule has 1 fully saturated rings. The molecule has 1 saturated heterocycles. The van der Waals surface area contributed by atoms with Gasteiger partial charge in [-0.25, -0.2) is 13.4 Å². The molecule has 35 heavy (non-hydrogen) atoms. The lowest BCUT2D eigenvalue weighted by Gasteiger charge is -2.34. The second-order valence-electron chi connectivity index (χ2n) is 9.82. The molecule has 1 aliphatic rings. The van der Waals surface area contributed by atoms with E-state index in [1.54, 1.807) is 39.1 Å². The van der Waals surface area contributed by atoms with Gasteiger partial charge in [0, 0.05) is 61.2 Å². The fraction of sp³-hybridized carbons (Fsp3) is 0.346. The Bertz CT molecular complexity index is 1250. The summed E-state index contributed by atoms with van der Waals surface area (Å²) >= 11 is 0. The monoisotopic (exact) mass is 494 g/mol. The molecule has 0 atom stereocenters. The highest BCUT2D eigenvalue weighted by Crippen LogP contribution is 2.26. The number of aromatic nitrogens is 1. The predicted octanol–water partition coefficient (Wildman–Crippen LogP) is 4.86. The number of piperazine rings is 1. The van der Waals surface area contributed by atoms with Crippen molar-refractivity contribution in [2.24, 2.45) is 0 Å². The molecule has 1 aliphatic heterocycles. The minimum atomic E-state index is -3.50. The summed E-state index contributed by atoms with van der Waals surface area (Å²) in [5.74, 6) is 0.715. The number of benzene rings is 2. The predicted molar refractivity (Wildman–Crippen MR) is 146 cm³/mol. The van der Waals surface area contributed by atoms with E-state index in [4.69, 9.17) is 0 Å². The van der Waals surface area contributed by atoms with E-state index in [9.17, 15) is 8.42 Å². The van der Waals surface area contributed by atoms with Crippen LogP contribution in [0.4, 0.5) is 34.3 Å². The second-order valence-corrected chi connectivity index (χ2v) is 12.3. The van der Waals surface area contributed by atoms with Gasteiger partial charge in [0.05, 0.1) is 10.4 Å². The van der Waals surface area contributed by atoms with Crippen LogP contribution < -0.4 is 20.3 Å². The van der Waals surface area contributed by atoms with Crippen molar-refractivity contribution in [3.05, 3.63) is 66.9 Å². The first-order valence-electron chi connectivity index (χ1n) is 11.8. The Morgan fingerprint density at radius 3 is 2.14 bits per heavy atom. The van der Waals surface area contributed by atoms with Gasteiger partial charge in [-0.05, 0) is 76.3 Å². The van der Waals surface area contributed by atoms with Gasteiger partial charge in [0.1, 0.15) is 5.82 Å². The minimum absolute atomic E-state index is 0.512. The van der Waals surface area contributed by atoms with Gasteiger partial charge in [0.25, 0.3) is 0 Å². The molecule has 2 heterocycles. The van der Waals surface area contributed by atoms with E-state index >= 15 is 0 Å². The molecule has 0 unspecified atom stereocenters. The van der Waals surface area contributed by atoms with Crippen LogP contribution in [0.25, 0.3) is 0 Å². The maximum Gasteiger partial charge on any atom is 0.237 e. The average Bonchev–Trinajstić information content (AvgIpc) is 2.80. The molecule has 0 aliphatic carbocycles. The van der Waals surface area contributed by atoms with Gasteiger partial charge < -0.3 is 20.4 Å². The fourth-order valence-electron chi connectivity index (χ4n) is 3.68. The summed E-state index contributed by atoms with van der Waals surface area (Å²) in [5, 5.41) is 6.68. The third-order valence-corrected chi connectivity index (χ3v) is 8.09. The van der Waals surface area contributed by atoms with Crippen molar-refractivity contribution >= 4 is 44.3 Å². The molecule has 2 aromatic carbocycles. The Kier molecular flexibility index (Phi) is 7.18. The Morgan fingerprint density at radius 2 is 1.46 bits per heavy atom. The first-order chi connectivity index (χ1) is 16.6. The van der Waals surface area contributed by atoms with Crippen molar-refractivity contribution < 1.29 is 8.42 Å². The number of hydrogen-bond acceptors (Lipinski definition) is 7. The highest BCUT2D eigenvalue weighted by Gasteiger charge is 2.28. The highest BCUT2D eigenvalue weighted by molar-refractivity contribution is 7.94. The Balaban J connectivity index is 1.41. The van der Waals surface area contributed by atoms with E-state index in [2.05, 4.69) is 61.5 Å². The van der Waals surface area contributed by atoms with Crippen molar-refractivity contribution in [1.29, 1.82) is 0 Å². The zero-order valence-corrected chi connectivity index (χ0v) is 21.6. The highest BCUT2D eigenvalue weighted by atomic mass is 32.2. The van der Waals surface area contributed by atoms with E-state index in [0.29, 0.717) is 11.5 Å². The summed E-state index contributed by atoms with van der Waals surface area (Å²) in [5.41, 5.74) is 4.32. The summed E-state index contributed by atoms with van der Waals surface area (Å²) in [7, 11) is -1.34. The number of likely N-dealkylation sites (N-methyl/N-ethyl adjacent to an activating group) is 1. The smallest absolute Gasteiger partial charge is 0.237 e. The molecule has 9 heteroatoms. The zero-order chi connectivity index (χ0) is 25.1. The van der Waals surface area contributed by atoms with Crippen LogP contribution in [0.5, 0.6) is 0 Å². The largest absolute Gasteiger partial charge is 0.369 e. The lowest BCUT2D eigenvalue weighted by molar-refractivity contribution is 0.313. The minimum Gasteiger partial charge on any atom is -0.369 e. The third-order valence-electron chi connectivity index (χ3n) is 5.98. The maximum atomic E-state index is 12.5. The van der Waals surface area contributed by atoms with Gasteiger partial charge in [0.15, 0.2) is 0 Å². The van der Waals surface area contributed by atoms with Crippen LogP contribution in [-0.4, -0.2) is 56.3 Å². The van der Waals surface area contributed by atoms with Crippen LogP contribution in [0.1, 0.15) is 20.8 Å². The van der Waals surface area contributed by atoms with E-state index in [1.807, 2.05) is 24.3 Å². The van der Waals surface area contributed by atoms with Gasteiger partial charge in [-0.15, -0.1) is 0 Å². The third kappa shape index (κ3) is 6.43. The molecule has 8 nitrogen and oxygen atoms in total. The van der Waals surface area contributed by atoms with Crippen LogP contribution in [0, 0.1) is 0 Å². The lowest BCUT2D eigenvalue weighted by Crippen LogP contribution is -2.44. The van der Waals surface area contributed by atoms with Crippen LogP contribution >= 0.6 is 0 Å². The Hall–Kier alpha value is -3.30. The summed E-state index contributed by atoms with van der Waals surface area (Å²) in [6.07, 6.45) is 1.73. The molecule has 186 valence electrons. The summed E-state index contributed by atoms with van der Waals surface area (Å²) in [6.45, 7) is 9.24. The quantitative estimate of drug-likeness (QED) is 0.432.